The van der Waals surface area contributed by atoms with E-state index in [2.05, 4.69) is 43.3 Å². The highest BCUT2D eigenvalue weighted by molar-refractivity contribution is 7.17. The van der Waals surface area contributed by atoms with Gasteiger partial charge in [-0.1, -0.05) is 36.4 Å². The molecule has 0 aliphatic carbocycles. The minimum absolute atomic E-state index is 0.0560. The van der Waals surface area contributed by atoms with Crippen LogP contribution < -0.4 is 4.74 Å². The van der Waals surface area contributed by atoms with Crippen LogP contribution in [0.3, 0.4) is 0 Å². The topological polar surface area (TPSA) is 96.6 Å². The lowest BCUT2D eigenvalue weighted by Gasteiger charge is -2.08. The van der Waals surface area contributed by atoms with Gasteiger partial charge in [-0.25, -0.2) is 0 Å². The van der Waals surface area contributed by atoms with Crippen molar-refractivity contribution in [2.45, 2.75) is 13.5 Å². The summed E-state index contributed by atoms with van der Waals surface area (Å²) in [6.45, 7) is 2.06. The molecule has 0 fully saturated rings. The SMILES string of the molecule is CC(=O)c1ccc(-c2nccc3[nH]c(-c4n[nH]c5ccc(-c6cncc(OCc7ccccc7)c6)cc45)cc23)s1. The van der Waals surface area contributed by atoms with Gasteiger partial charge in [0.05, 0.1) is 32.9 Å². The first kappa shape index (κ1) is 24.0. The zero-order valence-electron chi connectivity index (χ0n) is 21.5. The molecule has 0 radical (unpaired) electrons. The van der Waals surface area contributed by atoms with Gasteiger partial charge in [-0.2, -0.15) is 5.10 Å². The number of nitrogens with zero attached hydrogens (tertiary/aromatic N) is 3. The monoisotopic (exact) mass is 541 g/mol. The predicted molar refractivity (Wildman–Crippen MR) is 159 cm³/mol. The Morgan fingerprint density at radius 1 is 0.875 bits per heavy atom. The number of H-pyrrole nitrogens is 2. The molecule has 0 aliphatic rings. The maximum absolute atomic E-state index is 11.8. The third kappa shape index (κ3) is 4.44. The number of hydrogen-bond donors (Lipinski definition) is 2. The Balaban J connectivity index is 1.23. The molecular weight excluding hydrogens is 518 g/mol. The molecule has 194 valence electrons. The van der Waals surface area contributed by atoms with Gasteiger partial charge in [0.25, 0.3) is 0 Å². The van der Waals surface area contributed by atoms with Crippen LogP contribution in [-0.2, 0) is 6.61 Å². The standard InChI is InChI=1S/C32H23N5O2S/c1-19(38)29-9-10-30(40-29)32-25-15-28(35-26(25)11-12-34-32)31-24-14-21(7-8-27(24)36-37-31)22-13-23(17-33-16-22)39-18-20-5-3-2-4-6-20/h2-17,35H,18H2,1H3,(H,36,37). The van der Waals surface area contributed by atoms with E-state index in [1.54, 1.807) is 19.3 Å². The number of thiophene rings is 1. The summed E-state index contributed by atoms with van der Waals surface area (Å²) >= 11 is 1.46. The van der Waals surface area contributed by atoms with Crippen molar-refractivity contribution in [3.63, 3.8) is 0 Å². The molecule has 40 heavy (non-hydrogen) atoms. The highest BCUT2D eigenvalue weighted by Crippen LogP contribution is 2.36. The number of benzene rings is 2. The van der Waals surface area contributed by atoms with Crippen LogP contribution in [0.4, 0.5) is 0 Å². The molecule has 2 N–H and O–H groups in total. The number of aromatic amines is 2. The quantitative estimate of drug-likeness (QED) is 0.202. The number of Topliss-reactive ketones (excluding diaryl/α,β-unsaturated/α-hetero) is 1. The van der Waals surface area contributed by atoms with E-state index in [9.17, 15) is 4.79 Å². The van der Waals surface area contributed by atoms with Crippen LogP contribution in [0.25, 0.3) is 54.9 Å². The molecular formula is C32H23N5O2S. The molecule has 5 aromatic heterocycles. The molecule has 7 aromatic rings. The molecule has 0 aliphatic heterocycles. The number of aromatic nitrogens is 5. The lowest BCUT2D eigenvalue weighted by Crippen LogP contribution is -1.95. The van der Waals surface area contributed by atoms with E-state index in [0.717, 1.165) is 65.3 Å². The summed E-state index contributed by atoms with van der Waals surface area (Å²) < 4.78 is 6.01. The predicted octanol–water partition coefficient (Wildman–Crippen LogP) is 7.68. The second kappa shape index (κ2) is 9.91. The fourth-order valence-corrected chi connectivity index (χ4v) is 5.74. The number of hydrogen-bond acceptors (Lipinski definition) is 6. The first-order valence-electron chi connectivity index (χ1n) is 12.8. The van der Waals surface area contributed by atoms with Gasteiger partial charge in [-0.05, 0) is 60.5 Å². The number of ether oxygens (including phenoxy) is 1. The Kier molecular flexibility index (Phi) is 5.94. The molecule has 0 bridgehead atoms. The number of rotatable bonds is 7. The number of nitrogens with one attached hydrogen (secondary N) is 2. The molecule has 7 nitrogen and oxygen atoms in total. The molecule has 0 saturated carbocycles. The number of carbonyl (C=O) groups is 1. The lowest BCUT2D eigenvalue weighted by molar-refractivity contribution is 0.102. The van der Waals surface area contributed by atoms with Crippen molar-refractivity contribution in [2.75, 3.05) is 0 Å². The molecule has 5 heterocycles. The number of pyridine rings is 2. The number of ketones is 1. The molecule has 0 amide bonds. The Morgan fingerprint density at radius 3 is 2.60 bits per heavy atom. The van der Waals surface area contributed by atoms with Crippen molar-refractivity contribution in [1.82, 2.24) is 25.1 Å². The molecule has 0 atom stereocenters. The summed E-state index contributed by atoms with van der Waals surface area (Å²) in [4.78, 5) is 26.1. The molecule has 7 rings (SSSR count). The van der Waals surface area contributed by atoms with Crippen LogP contribution >= 0.6 is 11.3 Å². The fourth-order valence-electron chi connectivity index (χ4n) is 4.83. The smallest absolute Gasteiger partial charge is 0.169 e. The van der Waals surface area contributed by atoms with Crippen molar-refractivity contribution in [3.8, 4) is 38.8 Å². The molecule has 2 aromatic carbocycles. The lowest BCUT2D eigenvalue weighted by atomic mass is 10.0. The van der Waals surface area contributed by atoms with Gasteiger partial charge < -0.3 is 9.72 Å². The Morgan fingerprint density at radius 2 is 1.75 bits per heavy atom. The Hall–Kier alpha value is -5.08. The summed E-state index contributed by atoms with van der Waals surface area (Å²) in [6, 6.07) is 26.1. The van der Waals surface area contributed by atoms with E-state index in [4.69, 9.17) is 4.74 Å². The van der Waals surface area contributed by atoms with Crippen LogP contribution in [0.2, 0.25) is 0 Å². The van der Waals surface area contributed by atoms with Crippen molar-refractivity contribution < 1.29 is 9.53 Å². The van der Waals surface area contributed by atoms with E-state index in [0.29, 0.717) is 12.4 Å². The third-order valence-electron chi connectivity index (χ3n) is 6.85. The average molecular weight is 542 g/mol. The largest absolute Gasteiger partial charge is 0.487 e. The highest BCUT2D eigenvalue weighted by Gasteiger charge is 2.16. The average Bonchev–Trinajstić information content (AvgIpc) is 3.74. The Labute approximate surface area is 233 Å². The van der Waals surface area contributed by atoms with Crippen LogP contribution in [0.5, 0.6) is 5.75 Å². The van der Waals surface area contributed by atoms with Gasteiger partial charge in [0.15, 0.2) is 5.78 Å². The first-order chi connectivity index (χ1) is 19.6. The zero-order valence-corrected chi connectivity index (χ0v) is 22.3. The van der Waals surface area contributed by atoms with E-state index in [1.165, 1.54) is 11.3 Å². The molecule has 0 spiro atoms. The van der Waals surface area contributed by atoms with Crippen LogP contribution in [0.15, 0.2) is 97.5 Å². The second-order valence-corrected chi connectivity index (χ2v) is 10.6. The summed E-state index contributed by atoms with van der Waals surface area (Å²) in [6.07, 6.45) is 5.36. The summed E-state index contributed by atoms with van der Waals surface area (Å²) in [5, 5.41) is 9.78. The summed E-state index contributed by atoms with van der Waals surface area (Å²) in [5.41, 5.74) is 7.52. The molecule has 0 saturated heterocycles. The maximum Gasteiger partial charge on any atom is 0.169 e. The van der Waals surface area contributed by atoms with Gasteiger partial charge in [-0.3, -0.25) is 19.9 Å². The maximum atomic E-state index is 11.8. The Bertz CT molecular complexity index is 2000. The number of carbonyl (C=O) groups excluding carboxylic acids is 1. The normalized spacial score (nSPS) is 11.3. The van der Waals surface area contributed by atoms with Gasteiger partial charge in [0.1, 0.15) is 18.1 Å². The van der Waals surface area contributed by atoms with Crippen molar-refractivity contribution >= 4 is 38.9 Å². The van der Waals surface area contributed by atoms with Crippen molar-refractivity contribution in [2.24, 2.45) is 0 Å². The second-order valence-electron chi connectivity index (χ2n) is 9.54. The minimum Gasteiger partial charge on any atom is -0.487 e. The zero-order chi connectivity index (χ0) is 27.1. The van der Waals surface area contributed by atoms with Crippen LogP contribution in [-0.4, -0.2) is 30.9 Å². The van der Waals surface area contributed by atoms with E-state index < -0.39 is 0 Å². The van der Waals surface area contributed by atoms with E-state index in [1.807, 2.05) is 66.9 Å². The van der Waals surface area contributed by atoms with Crippen molar-refractivity contribution in [3.05, 3.63) is 108 Å². The first-order valence-corrected chi connectivity index (χ1v) is 13.6. The van der Waals surface area contributed by atoms with E-state index >= 15 is 0 Å². The van der Waals surface area contributed by atoms with Crippen LogP contribution in [0.1, 0.15) is 22.2 Å². The van der Waals surface area contributed by atoms with Gasteiger partial charge >= 0.3 is 0 Å². The molecule has 0 unspecified atom stereocenters. The van der Waals surface area contributed by atoms with Crippen molar-refractivity contribution in [1.29, 1.82) is 0 Å². The summed E-state index contributed by atoms with van der Waals surface area (Å²) in [5.74, 6) is 0.770. The molecule has 8 heteroatoms. The summed E-state index contributed by atoms with van der Waals surface area (Å²) in [7, 11) is 0. The minimum atomic E-state index is 0.0560. The van der Waals surface area contributed by atoms with Gasteiger partial charge in [0, 0.05) is 34.2 Å². The van der Waals surface area contributed by atoms with E-state index in [-0.39, 0.29) is 5.78 Å². The third-order valence-corrected chi connectivity index (χ3v) is 8.04. The number of fused-ring (bicyclic) bond motifs is 2. The highest BCUT2D eigenvalue weighted by atomic mass is 32.1. The van der Waals surface area contributed by atoms with Gasteiger partial charge in [0.2, 0.25) is 0 Å². The van der Waals surface area contributed by atoms with Crippen LogP contribution in [0, 0.1) is 0 Å². The fraction of sp³-hybridized carbons (Fsp3) is 0.0625. The van der Waals surface area contributed by atoms with Gasteiger partial charge in [-0.15, -0.1) is 11.3 Å².